The van der Waals surface area contributed by atoms with E-state index in [4.69, 9.17) is 12.2 Å². The van der Waals surface area contributed by atoms with Crippen molar-refractivity contribution in [2.75, 3.05) is 0 Å². The van der Waals surface area contributed by atoms with E-state index in [-0.39, 0.29) is 20.5 Å². The van der Waals surface area contributed by atoms with Gasteiger partial charge in [-0.25, -0.2) is 4.39 Å². The Morgan fingerprint density at radius 3 is 2.64 bits per heavy atom. The molecule has 1 saturated heterocycles. The van der Waals surface area contributed by atoms with Crippen molar-refractivity contribution in [3.63, 3.8) is 0 Å². The van der Waals surface area contributed by atoms with Gasteiger partial charge in [-0.3, -0.25) is 15.0 Å². The monoisotopic (exact) mass is 374 g/mol. The Labute approximate surface area is 152 Å². The summed E-state index contributed by atoms with van der Waals surface area (Å²) in [5.74, 6) is -1.42. The van der Waals surface area contributed by atoms with Crippen LogP contribution in [-0.2, 0) is 4.79 Å². The van der Waals surface area contributed by atoms with E-state index < -0.39 is 17.6 Å². The number of amides is 2. The van der Waals surface area contributed by atoms with Crippen LogP contribution in [0.3, 0.4) is 0 Å². The van der Waals surface area contributed by atoms with E-state index in [1.54, 1.807) is 6.07 Å². The quantitative estimate of drug-likeness (QED) is 0.638. The molecule has 0 atom stereocenters. The van der Waals surface area contributed by atoms with E-state index >= 15 is 0 Å². The molecule has 0 unspecified atom stereocenters. The minimum atomic E-state index is -0.539. The first-order chi connectivity index (χ1) is 11.9. The number of rotatable bonds is 3. The number of hydrogen-bond acceptors (Lipinski definition) is 5. The van der Waals surface area contributed by atoms with Crippen LogP contribution in [0.1, 0.15) is 15.9 Å². The molecule has 1 aliphatic heterocycles. The van der Waals surface area contributed by atoms with Gasteiger partial charge in [0.15, 0.2) is 4.32 Å². The zero-order valence-corrected chi connectivity index (χ0v) is 14.2. The van der Waals surface area contributed by atoms with Gasteiger partial charge in [0.2, 0.25) is 0 Å². The van der Waals surface area contributed by atoms with Crippen LogP contribution in [0.5, 0.6) is 5.75 Å². The summed E-state index contributed by atoms with van der Waals surface area (Å²) in [5.41, 5.74) is 3.21. The Bertz CT molecular complexity index is 897. The van der Waals surface area contributed by atoms with Crippen LogP contribution >= 0.6 is 24.0 Å². The summed E-state index contributed by atoms with van der Waals surface area (Å²) in [6, 6.07) is 11.4. The van der Waals surface area contributed by atoms with Gasteiger partial charge < -0.3 is 5.11 Å². The van der Waals surface area contributed by atoms with Gasteiger partial charge in [0.25, 0.3) is 11.8 Å². The van der Waals surface area contributed by atoms with Crippen molar-refractivity contribution < 1.29 is 19.1 Å². The van der Waals surface area contributed by atoms with Gasteiger partial charge in [-0.05, 0) is 60.3 Å². The number of hydrazine groups is 1. The number of phenols is 1. The predicted molar refractivity (Wildman–Crippen MR) is 97.0 cm³/mol. The van der Waals surface area contributed by atoms with Gasteiger partial charge in [0.1, 0.15) is 11.6 Å². The molecule has 1 aliphatic rings. The van der Waals surface area contributed by atoms with Gasteiger partial charge in [-0.2, -0.15) is 5.01 Å². The molecule has 1 heterocycles. The summed E-state index contributed by atoms with van der Waals surface area (Å²) in [7, 11) is 0. The highest BCUT2D eigenvalue weighted by molar-refractivity contribution is 8.26. The lowest BCUT2D eigenvalue weighted by atomic mass is 10.2. The molecular formula is C17H11FN2O3S2. The summed E-state index contributed by atoms with van der Waals surface area (Å²) in [6.07, 6.45) is 1.51. The zero-order chi connectivity index (χ0) is 18.0. The molecule has 8 heteroatoms. The first kappa shape index (κ1) is 17.1. The summed E-state index contributed by atoms with van der Waals surface area (Å²) < 4.78 is 13.4. The lowest BCUT2D eigenvalue weighted by Gasteiger charge is -2.15. The first-order valence-electron chi connectivity index (χ1n) is 7.07. The fraction of sp³-hybridized carbons (Fsp3) is 0. The zero-order valence-electron chi connectivity index (χ0n) is 12.6. The Hall–Kier alpha value is -2.71. The molecule has 0 aromatic heterocycles. The van der Waals surface area contributed by atoms with Crippen molar-refractivity contribution in [3.05, 3.63) is 70.4 Å². The average Bonchev–Trinajstić information content (AvgIpc) is 2.83. The highest BCUT2D eigenvalue weighted by atomic mass is 32.2. The summed E-state index contributed by atoms with van der Waals surface area (Å²) in [5, 5.41) is 10.2. The molecule has 0 aliphatic carbocycles. The third kappa shape index (κ3) is 3.86. The van der Waals surface area contributed by atoms with Gasteiger partial charge in [0, 0.05) is 5.56 Å². The van der Waals surface area contributed by atoms with Gasteiger partial charge in [-0.1, -0.05) is 23.9 Å². The molecule has 1 fully saturated rings. The largest absolute Gasteiger partial charge is 0.508 e. The third-order valence-corrected chi connectivity index (χ3v) is 4.59. The molecule has 5 nitrogen and oxygen atoms in total. The van der Waals surface area contributed by atoms with Crippen molar-refractivity contribution in [1.29, 1.82) is 0 Å². The smallest absolute Gasteiger partial charge is 0.285 e. The number of nitrogens with zero attached hydrogens (tertiary/aromatic N) is 1. The average molecular weight is 374 g/mol. The maximum atomic E-state index is 13.2. The van der Waals surface area contributed by atoms with Crippen LogP contribution in [0.25, 0.3) is 6.08 Å². The molecule has 2 amide bonds. The molecule has 0 spiro atoms. The fourth-order valence-electron chi connectivity index (χ4n) is 2.09. The maximum Gasteiger partial charge on any atom is 0.285 e. The Balaban J connectivity index is 1.77. The van der Waals surface area contributed by atoms with Crippen LogP contribution in [-0.4, -0.2) is 26.3 Å². The fourth-order valence-corrected chi connectivity index (χ4v) is 3.27. The molecule has 25 heavy (non-hydrogen) atoms. The Kier molecular flexibility index (Phi) is 4.82. The number of carbonyl (C=O) groups excluding carboxylic acids is 2. The van der Waals surface area contributed by atoms with Crippen molar-refractivity contribution in [2.45, 2.75) is 0 Å². The van der Waals surface area contributed by atoms with Crippen LogP contribution in [0.2, 0.25) is 0 Å². The molecule has 3 rings (SSSR count). The van der Waals surface area contributed by atoms with Crippen LogP contribution < -0.4 is 5.43 Å². The topological polar surface area (TPSA) is 69.6 Å². The first-order valence-corrected chi connectivity index (χ1v) is 8.30. The van der Waals surface area contributed by atoms with E-state index in [0.29, 0.717) is 5.56 Å². The Morgan fingerprint density at radius 1 is 1.24 bits per heavy atom. The molecule has 2 aromatic carbocycles. The number of carbonyl (C=O) groups is 2. The van der Waals surface area contributed by atoms with Crippen LogP contribution in [0, 0.1) is 5.82 Å². The number of phenolic OH excluding ortho intramolecular Hbond substituents is 1. The minimum absolute atomic E-state index is 0.0280. The van der Waals surface area contributed by atoms with Gasteiger partial charge in [-0.15, -0.1) is 0 Å². The van der Waals surface area contributed by atoms with E-state index in [0.717, 1.165) is 16.8 Å². The summed E-state index contributed by atoms with van der Waals surface area (Å²) in [6.45, 7) is 0. The molecule has 2 aromatic rings. The van der Waals surface area contributed by atoms with Crippen LogP contribution in [0.15, 0.2) is 53.4 Å². The molecule has 0 radical (unpaired) electrons. The molecule has 126 valence electrons. The normalized spacial score (nSPS) is 15.7. The number of thiocarbonyl (C=S) groups is 1. The summed E-state index contributed by atoms with van der Waals surface area (Å²) >= 11 is 6.14. The Morgan fingerprint density at radius 2 is 1.96 bits per heavy atom. The number of hydrogen-bond donors (Lipinski definition) is 2. The second-order valence-electron chi connectivity index (χ2n) is 5.06. The van der Waals surface area contributed by atoms with E-state index in [9.17, 15) is 19.1 Å². The standard InChI is InChI=1S/C17H11FN2O3S2/c18-12-3-1-2-10(8-12)9-14-16(23)20(17(24)25-14)19-15(22)11-4-6-13(21)7-5-11/h1-9,21H,(H,19,22). The van der Waals surface area contributed by atoms with E-state index in [1.165, 1.54) is 48.5 Å². The van der Waals surface area contributed by atoms with E-state index in [1.807, 2.05) is 0 Å². The lowest BCUT2D eigenvalue weighted by Crippen LogP contribution is -2.44. The number of benzene rings is 2. The SMILES string of the molecule is O=C(NN1C(=O)C(=Cc2cccc(F)c2)SC1=S)c1ccc(O)cc1. The molecule has 0 bridgehead atoms. The predicted octanol–water partition coefficient (Wildman–Crippen LogP) is 3.08. The second kappa shape index (κ2) is 7.04. The third-order valence-electron chi connectivity index (χ3n) is 3.28. The molecular weight excluding hydrogens is 363 g/mol. The van der Waals surface area contributed by atoms with Gasteiger partial charge >= 0.3 is 0 Å². The number of halogens is 1. The van der Waals surface area contributed by atoms with Crippen LogP contribution in [0.4, 0.5) is 4.39 Å². The number of nitrogens with one attached hydrogen (secondary N) is 1. The maximum absolute atomic E-state index is 13.2. The molecule has 2 N–H and O–H groups in total. The number of thioether (sulfide) groups is 1. The highest BCUT2D eigenvalue weighted by Gasteiger charge is 2.33. The van der Waals surface area contributed by atoms with Crippen molar-refractivity contribution in [2.24, 2.45) is 0 Å². The van der Waals surface area contributed by atoms with E-state index in [2.05, 4.69) is 5.43 Å². The van der Waals surface area contributed by atoms with Crippen molar-refractivity contribution in [1.82, 2.24) is 10.4 Å². The van der Waals surface area contributed by atoms with Crippen molar-refractivity contribution in [3.8, 4) is 5.75 Å². The summed E-state index contributed by atoms with van der Waals surface area (Å²) in [4.78, 5) is 24.9. The minimum Gasteiger partial charge on any atom is -0.508 e. The highest BCUT2D eigenvalue weighted by Crippen LogP contribution is 2.31. The second-order valence-corrected chi connectivity index (χ2v) is 6.74. The molecule has 0 saturated carbocycles. The number of aromatic hydroxyl groups is 1. The lowest BCUT2D eigenvalue weighted by molar-refractivity contribution is -0.123. The van der Waals surface area contributed by atoms with Gasteiger partial charge in [0.05, 0.1) is 4.91 Å². The van der Waals surface area contributed by atoms with Crippen molar-refractivity contribution >= 4 is 46.2 Å².